The molecule has 0 saturated heterocycles. The molecule has 0 spiro atoms. The van der Waals surface area contributed by atoms with E-state index in [0.717, 1.165) is 17.6 Å². The van der Waals surface area contributed by atoms with Gasteiger partial charge < -0.3 is 0 Å². The van der Waals surface area contributed by atoms with Crippen LogP contribution in [-0.2, 0) is 0 Å². The van der Waals surface area contributed by atoms with Crippen LogP contribution in [0.1, 0.15) is 32.8 Å². The minimum absolute atomic E-state index is 0.163. The van der Waals surface area contributed by atoms with Gasteiger partial charge in [0.1, 0.15) is 0 Å². The largest absolute Gasteiger partial charge is 0.193 e. The minimum Gasteiger partial charge on any atom is -0.193 e. The summed E-state index contributed by atoms with van der Waals surface area (Å²) in [6.45, 7) is 6.43. The molecule has 0 amide bonds. The number of allylic oxidation sites excluding steroid dienone is 1. The fourth-order valence-electron chi connectivity index (χ4n) is 1.44. The smallest absolute Gasteiger partial charge is 0.0947 e. The quantitative estimate of drug-likeness (QED) is 0.660. The molecule has 0 unspecified atom stereocenters. The van der Waals surface area contributed by atoms with E-state index >= 15 is 0 Å². The van der Waals surface area contributed by atoms with E-state index in [9.17, 15) is 0 Å². The van der Waals surface area contributed by atoms with Crippen LogP contribution in [0.4, 0.5) is 0 Å². The highest BCUT2D eigenvalue weighted by Gasteiger charge is 2.12. The van der Waals surface area contributed by atoms with Gasteiger partial charge in [0.05, 0.1) is 6.07 Å². The predicted octanol–water partition coefficient (Wildman–Crippen LogP) is 4.03. The van der Waals surface area contributed by atoms with Gasteiger partial charge in [0.25, 0.3) is 0 Å². The minimum atomic E-state index is 0.163. The van der Waals surface area contributed by atoms with E-state index in [1.165, 1.54) is 0 Å². The average molecular weight is 199 g/mol. The maximum Gasteiger partial charge on any atom is 0.0947 e. The first-order chi connectivity index (χ1) is 7.01. The Bertz CT molecular complexity index is 374. The Kier molecular flexibility index (Phi) is 3.68. The molecule has 0 atom stereocenters. The van der Waals surface area contributed by atoms with Gasteiger partial charge in [-0.1, -0.05) is 51.1 Å². The molecule has 0 aliphatic rings. The molecule has 1 rings (SSSR count). The second-order valence-corrected chi connectivity index (χ2v) is 4.93. The predicted molar refractivity (Wildman–Crippen MR) is 64.1 cm³/mol. The maximum atomic E-state index is 9.03. The van der Waals surface area contributed by atoms with Crippen molar-refractivity contribution >= 4 is 6.08 Å². The van der Waals surface area contributed by atoms with Crippen molar-refractivity contribution in [3.8, 4) is 6.07 Å². The summed E-state index contributed by atoms with van der Waals surface area (Å²) in [6, 6.07) is 12.2. The topological polar surface area (TPSA) is 23.8 Å². The van der Waals surface area contributed by atoms with Crippen molar-refractivity contribution in [3.05, 3.63) is 41.5 Å². The van der Waals surface area contributed by atoms with Crippen LogP contribution in [0, 0.1) is 16.7 Å². The van der Waals surface area contributed by atoms with Crippen LogP contribution in [0.3, 0.4) is 0 Å². The van der Waals surface area contributed by atoms with Crippen molar-refractivity contribution < 1.29 is 0 Å². The van der Waals surface area contributed by atoms with Gasteiger partial charge in [-0.15, -0.1) is 0 Å². The molecule has 0 saturated carbocycles. The maximum absolute atomic E-state index is 9.03. The number of nitrogens with zero attached hydrogens (tertiary/aromatic N) is 1. The molecule has 15 heavy (non-hydrogen) atoms. The number of hydrogen-bond donors (Lipinski definition) is 0. The lowest BCUT2D eigenvalue weighted by Gasteiger charge is -2.16. The number of nitriles is 1. The van der Waals surface area contributed by atoms with Crippen molar-refractivity contribution in [2.75, 3.05) is 0 Å². The van der Waals surface area contributed by atoms with Crippen LogP contribution in [0.2, 0.25) is 0 Å². The Morgan fingerprint density at radius 2 is 1.87 bits per heavy atom. The highest BCUT2D eigenvalue weighted by Crippen LogP contribution is 2.24. The first-order valence-electron chi connectivity index (χ1n) is 5.17. The van der Waals surface area contributed by atoms with Crippen LogP contribution >= 0.6 is 0 Å². The van der Waals surface area contributed by atoms with Crippen LogP contribution in [0.15, 0.2) is 35.9 Å². The van der Waals surface area contributed by atoms with Crippen molar-refractivity contribution in [1.29, 1.82) is 5.26 Å². The van der Waals surface area contributed by atoms with Gasteiger partial charge in [-0.25, -0.2) is 0 Å². The summed E-state index contributed by atoms with van der Waals surface area (Å²) < 4.78 is 0. The summed E-state index contributed by atoms with van der Waals surface area (Å²) in [5, 5.41) is 9.03. The molecule has 78 valence electrons. The van der Waals surface area contributed by atoms with Crippen LogP contribution < -0.4 is 0 Å². The third-order valence-corrected chi connectivity index (χ3v) is 2.00. The van der Waals surface area contributed by atoms with Crippen molar-refractivity contribution in [1.82, 2.24) is 0 Å². The average Bonchev–Trinajstić information content (AvgIpc) is 2.16. The molecule has 1 aromatic rings. The van der Waals surface area contributed by atoms with Gasteiger partial charge >= 0.3 is 0 Å². The second-order valence-electron chi connectivity index (χ2n) is 4.93. The van der Waals surface area contributed by atoms with E-state index in [1.807, 2.05) is 36.4 Å². The van der Waals surface area contributed by atoms with E-state index in [1.54, 1.807) is 0 Å². The first kappa shape index (κ1) is 11.5. The standard InChI is InChI=1S/C14H17N/c1-14(2,3)10-13(11-15)9-12-7-5-4-6-8-12/h4-9H,10H2,1-3H3/b13-9-. The fourth-order valence-corrected chi connectivity index (χ4v) is 1.44. The summed E-state index contributed by atoms with van der Waals surface area (Å²) in [6.07, 6.45) is 2.78. The lowest BCUT2D eigenvalue weighted by Crippen LogP contribution is -2.05. The molecule has 1 nitrogen and oxygen atoms in total. The first-order valence-corrected chi connectivity index (χ1v) is 5.17. The summed E-state index contributed by atoms with van der Waals surface area (Å²) in [5.74, 6) is 0. The third-order valence-electron chi connectivity index (χ3n) is 2.00. The Morgan fingerprint density at radius 1 is 1.27 bits per heavy atom. The third kappa shape index (κ3) is 4.46. The van der Waals surface area contributed by atoms with E-state index in [0.29, 0.717) is 0 Å². The molecule has 0 fully saturated rings. The van der Waals surface area contributed by atoms with Crippen molar-refractivity contribution in [3.63, 3.8) is 0 Å². The zero-order chi connectivity index (χ0) is 11.3. The SMILES string of the molecule is CC(C)(C)C/C(C#N)=C/c1ccccc1. The Hall–Kier alpha value is -1.55. The zero-order valence-electron chi connectivity index (χ0n) is 9.62. The van der Waals surface area contributed by atoms with E-state index in [4.69, 9.17) is 5.26 Å². The Morgan fingerprint density at radius 3 is 2.33 bits per heavy atom. The van der Waals surface area contributed by atoms with E-state index in [2.05, 4.69) is 26.8 Å². The summed E-state index contributed by atoms with van der Waals surface area (Å²) in [7, 11) is 0. The van der Waals surface area contributed by atoms with Gasteiger partial charge in [0, 0.05) is 5.57 Å². The summed E-state index contributed by atoms with van der Waals surface area (Å²) in [5.41, 5.74) is 2.10. The molecule has 0 aliphatic heterocycles. The molecular weight excluding hydrogens is 182 g/mol. The van der Waals surface area contributed by atoms with E-state index < -0.39 is 0 Å². The van der Waals surface area contributed by atoms with Crippen LogP contribution in [-0.4, -0.2) is 0 Å². The van der Waals surface area contributed by atoms with Gasteiger partial charge in [0.2, 0.25) is 0 Å². The highest BCUT2D eigenvalue weighted by atomic mass is 14.3. The molecule has 0 aromatic heterocycles. The Labute approximate surface area is 92.1 Å². The van der Waals surface area contributed by atoms with Gasteiger partial charge in [-0.2, -0.15) is 5.26 Å². The molecular formula is C14H17N. The lowest BCUT2D eigenvalue weighted by molar-refractivity contribution is 0.415. The molecule has 1 heteroatoms. The van der Waals surface area contributed by atoms with Crippen LogP contribution in [0.5, 0.6) is 0 Å². The second kappa shape index (κ2) is 4.79. The molecule has 0 N–H and O–H groups in total. The van der Waals surface area contributed by atoms with Gasteiger partial charge in [-0.05, 0) is 23.5 Å². The molecule has 0 heterocycles. The van der Waals surface area contributed by atoms with Crippen LogP contribution in [0.25, 0.3) is 6.08 Å². The Balaban J connectivity index is 2.85. The van der Waals surface area contributed by atoms with Gasteiger partial charge in [0.15, 0.2) is 0 Å². The fraction of sp³-hybridized carbons (Fsp3) is 0.357. The molecule has 0 aliphatic carbocycles. The monoisotopic (exact) mass is 199 g/mol. The van der Waals surface area contributed by atoms with E-state index in [-0.39, 0.29) is 5.41 Å². The van der Waals surface area contributed by atoms with Gasteiger partial charge in [-0.3, -0.25) is 0 Å². The van der Waals surface area contributed by atoms with Crippen molar-refractivity contribution in [2.45, 2.75) is 27.2 Å². The summed E-state index contributed by atoms with van der Waals surface area (Å²) >= 11 is 0. The molecule has 0 bridgehead atoms. The van der Waals surface area contributed by atoms with Crippen molar-refractivity contribution in [2.24, 2.45) is 5.41 Å². The molecule has 1 aromatic carbocycles. The zero-order valence-corrected chi connectivity index (χ0v) is 9.62. The number of benzene rings is 1. The lowest BCUT2D eigenvalue weighted by atomic mass is 9.88. The highest BCUT2D eigenvalue weighted by molar-refractivity contribution is 5.56. The summed E-state index contributed by atoms with van der Waals surface area (Å²) in [4.78, 5) is 0. The number of rotatable bonds is 2. The normalized spacial score (nSPS) is 12.3. The molecule has 0 radical (unpaired) electrons. The number of hydrogen-bond acceptors (Lipinski definition) is 1.